The Bertz CT molecular complexity index is 835. The van der Waals surface area contributed by atoms with Crippen molar-refractivity contribution >= 4 is 34.7 Å². The third-order valence-corrected chi connectivity index (χ3v) is 5.33. The summed E-state index contributed by atoms with van der Waals surface area (Å²) in [6, 6.07) is 11.3. The number of hydrogen-bond donors (Lipinski definition) is 1. The number of rotatable bonds is 7. The first-order chi connectivity index (χ1) is 12.2. The molecule has 3 rings (SSSR count). The van der Waals surface area contributed by atoms with Crippen LogP contribution in [0.1, 0.15) is 11.8 Å². The maximum atomic E-state index is 12.5. The van der Waals surface area contributed by atoms with Gasteiger partial charge < -0.3 is 10.1 Å². The molecule has 130 valence electrons. The molecule has 1 unspecified atom stereocenters. The highest BCUT2D eigenvalue weighted by Gasteiger charge is 2.20. The number of thiophene rings is 1. The third kappa shape index (κ3) is 4.37. The lowest BCUT2D eigenvalue weighted by molar-refractivity contribution is -0.115. The Kier molecular flexibility index (Phi) is 5.67. The highest BCUT2D eigenvalue weighted by molar-refractivity contribution is 8.00. The summed E-state index contributed by atoms with van der Waals surface area (Å²) in [5.74, 6) is 0.482. The van der Waals surface area contributed by atoms with Gasteiger partial charge in [-0.3, -0.25) is 4.79 Å². The number of aromatic nitrogens is 4. The Morgan fingerprint density at radius 1 is 1.36 bits per heavy atom. The minimum absolute atomic E-state index is 0.139. The van der Waals surface area contributed by atoms with Crippen LogP contribution in [0.15, 0.2) is 46.9 Å². The number of thioether (sulfide) groups is 1. The molecule has 1 N–H and O–H groups in total. The van der Waals surface area contributed by atoms with E-state index < -0.39 is 0 Å². The van der Waals surface area contributed by atoms with Crippen molar-refractivity contribution in [2.45, 2.75) is 23.9 Å². The highest BCUT2D eigenvalue weighted by Crippen LogP contribution is 2.26. The predicted molar refractivity (Wildman–Crippen MR) is 98.2 cm³/mol. The van der Waals surface area contributed by atoms with Crippen molar-refractivity contribution in [2.75, 3.05) is 12.4 Å². The quantitative estimate of drug-likeness (QED) is 0.640. The molecule has 2 heterocycles. The van der Waals surface area contributed by atoms with E-state index in [-0.39, 0.29) is 11.2 Å². The Morgan fingerprint density at radius 3 is 2.96 bits per heavy atom. The maximum Gasteiger partial charge on any atom is 0.237 e. The standard InChI is InChI=1S/C16H17N5O2S2/c1-11(15(22)17-13-7-3-4-8-14(13)23-2)25-16-18-19-20-21(16)10-12-6-5-9-24-12/h3-9,11H,10H2,1-2H3,(H,17,22). The summed E-state index contributed by atoms with van der Waals surface area (Å²) >= 11 is 2.96. The van der Waals surface area contributed by atoms with Crippen molar-refractivity contribution in [3.05, 3.63) is 46.7 Å². The normalized spacial score (nSPS) is 11.9. The number of carbonyl (C=O) groups excluding carboxylic acids is 1. The molecule has 0 radical (unpaired) electrons. The zero-order chi connectivity index (χ0) is 17.6. The van der Waals surface area contributed by atoms with Crippen LogP contribution in [0.25, 0.3) is 0 Å². The largest absolute Gasteiger partial charge is 0.495 e. The summed E-state index contributed by atoms with van der Waals surface area (Å²) in [7, 11) is 1.57. The molecule has 0 aliphatic heterocycles. The number of anilines is 1. The molecule has 1 amide bonds. The van der Waals surface area contributed by atoms with Gasteiger partial charge in [-0.1, -0.05) is 30.0 Å². The Balaban J connectivity index is 1.65. The van der Waals surface area contributed by atoms with Gasteiger partial charge in [0.25, 0.3) is 0 Å². The number of methoxy groups -OCH3 is 1. The Hall–Kier alpha value is -2.39. The van der Waals surface area contributed by atoms with E-state index in [4.69, 9.17) is 4.74 Å². The smallest absolute Gasteiger partial charge is 0.237 e. The van der Waals surface area contributed by atoms with Crippen LogP contribution >= 0.6 is 23.1 Å². The topological polar surface area (TPSA) is 81.9 Å². The van der Waals surface area contributed by atoms with Crippen LogP contribution < -0.4 is 10.1 Å². The van der Waals surface area contributed by atoms with Gasteiger partial charge in [-0.05, 0) is 40.9 Å². The molecular weight excluding hydrogens is 358 g/mol. The molecule has 9 heteroatoms. The van der Waals surface area contributed by atoms with E-state index in [0.29, 0.717) is 23.1 Å². The maximum absolute atomic E-state index is 12.5. The SMILES string of the molecule is COc1ccccc1NC(=O)C(C)Sc1nnnn1Cc1cccs1. The van der Waals surface area contributed by atoms with Crippen LogP contribution in [0.5, 0.6) is 5.75 Å². The van der Waals surface area contributed by atoms with Crippen LogP contribution in [-0.4, -0.2) is 38.5 Å². The van der Waals surface area contributed by atoms with Gasteiger partial charge in [0.1, 0.15) is 5.75 Å². The number of benzene rings is 1. The van der Waals surface area contributed by atoms with Crippen molar-refractivity contribution in [3.8, 4) is 5.75 Å². The average molecular weight is 375 g/mol. The lowest BCUT2D eigenvalue weighted by Crippen LogP contribution is -2.23. The first-order valence-corrected chi connectivity index (χ1v) is 9.32. The van der Waals surface area contributed by atoms with Crippen LogP contribution in [0.3, 0.4) is 0 Å². The van der Waals surface area contributed by atoms with Crippen molar-refractivity contribution < 1.29 is 9.53 Å². The summed E-state index contributed by atoms with van der Waals surface area (Å²) in [5.41, 5.74) is 0.639. The molecule has 2 aromatic heterocycles. The van der Waals surface area contributed by atoms with Crippen LogP contribution in [0, 0.1) is 0 Å². The third-order valence-electron chi connectivity index (χ3n) is 3.40. The van der Waals surface area contributed by atoms with E-state index in [2.05, 4.69) is 20.8 Å². The minimum Gasteiger partial charge on any atom is -0.495 e. The van der Waals surface area contributed by atoms with Crippen molar-refractivity contribution in [3.63, 3.8) is 0 Å². The predicted octanol–water partition coefficient (Wildman–Crippen LogP) is 2.91. The minimum atomic E-state index is -0.363. The highest BCUT2D eigenvalue weighted by atomic mass is 32.2. The van der Waals surface area contributed by atoms with E-state index in [0.717, 1.165) is 4.88 Å². The van der Waals surface area contributed by atoms with Crippen molar-refractivity contribution in [1.82, 2.24) is 20.2 Å². The van der Waals surface area contributed by atoms with Gasteiger partial charge in [0.2, 0.25) is 11.1 Å². The second-order valence-corrected chi connectivity index (χ2v) is 7.49. The lowest BCUT2D eigenvalue weighted by Gasteiger charge is -2.13. The molecule has 1 atom stereocenters. The van der Waals surface area contributed by atoms with Gasteiger partial charge >= 0.3 is 0 Å². The number of ether oxygens (including phenoxy) is 1. The number of nitrogens with zero attached hydrogens (tertiary/aromatic N) is 4. The summed E-state index contributed by atoms with van der Waals surface area (Å²) in [6.07, 6.45) is 0. The summed E-state index contributed by atoms with van der Waals surface area (Å²) < 4.78 is 6.95. The summed E-state index contributed by atoms with van der Waals surface area (Å²) in [4.78, 5) is 13.6. The fourth-order valence-electron chi connectivity index (χ4n) is 2.12. The van der Waals surface area contributed by atoms with Crippen molar-refractivity contribution in [1.29, 1.82) is 0 Å². The second-order valence-electron chi connectivity index (χ2n) is 5.15. The van der Waals surface area contributed by atoms with Crippen molar-refractivity contribution in [2.24, 2.45) is 0 Å². The number of nitrogens with one attached hydrogen (secondary N) is 1. The van der Waals surface area contributed by atoms with Gasteiger partial charge in [-0.25, -0.2) is 4.68 Å². The molecule has 0 aliphatic carbocycles. The fraction of sp³-hybridized carbons (Fsp3) is 0.250. The molecular formula is C16H17N5O2S2. The lowest BCUT2D eigenvalue weighted by atomic mass is 10.3. The Morgan fingerprint density at radius 2 is 2.20 bits per heavy atom. The van der Waals surface area contributed by atoms with Gasteiger partial charge in [0, 0.05) is 4.88 Å². The first kappa shape index (κ1) is 17.4. The molecule has 0 aliphatic rings. The number of amides is 1. The molecule has 0 fully saturated rings. The Labute approximate surface area is 153 Å². The van der Waals surface area contributed by atoms with E-state index in [1.165, 1.54) is 11.8 Å². The zero-order valence-electron chi connectivity index (χ0n) is 13.7. The zero-order valence-corrected chi connectivity index (χ0v) is 15.4. The summed E-state index contributed by atoms with van der Waals surface area (Å²) in [6.45, 7) is 2.41. The van der Waals surface area contributed by atoms with Crippen LogP contribution in [-0.2, 0) is 11.3 Å². The molecule has 0 bridgehead atoms. The van der Waals surface area contributed by atoms with Crippen LogP contribution in [0.4, 0.5) is 5.69 Å². The first-order valence-electron chi connectivity index (χ1n) is 7.56. The van der Waals surface area contributed by atoms with E-state index in [1.807, 2.05) is 36.6 Å². The molecule has 0 spiro atoms. The number of carbonyl (C=O) groups is 1. The molecule has 0 saturated heterocycles. The molecule has 3 aromatic rings. The molecule has 7 nitrogen and oxygen atoms in total. The second kappa shape index (κ2) is 8.13. The van der Waals surface area contributed by atoms with Gasteiger partial charge in [-0.2, -0.15) is 0 Å². The molecule has 25 heavy (non-hydrogen) atoms. The van der Waals surface area contributed by atoms with Gasteiger partial charge in [0.15, 0.2) is 0 Å². The average Bonchev–Trinajstić information content (AvgIpc) is 3.28. The number of hydrogen-bond acceptors (Lipinski definition) is 7. The van der Waals surface area contributed by atoms with Gasteiger partial charge in [0.05, 0.1) is 24.6 Å². The molecule has 1 aromatic carbocycles. The van der Waals surface area contributed by atoms with Crippen LogP contribution in [0.2, 0.25) is 0 Å². The van der Waals surface area contributed by atoms with E-state index in [9.17, 15) is 4.79 Å². The van der Waals surface area contributed by atoms with E-state index in [1.54, 1.807) is 35.3 Å². The monoisotopic (exact) mass is 375 g/mol. The number of para-hydroxylation sites is 2. The number of tetrazole rings is 1. The summed E-state index contributed by atoms with van der Waals surface area (Å²) in [5, 5.41) is 16.9. The van der Waals surface area contributed by atoms with E-state index >= 15 is 0 Å². The molecule has 0 saturated carbocycles. The van der Waals surface area contributed by atoms with Gasteiger partial charge in [-0.15, -0.1) is 16.4 Å². The fourth-order valence-corrected chi connectivity index (χ4v) is 3.60.